The number of carbonyl (C=O) groups is 1. The lowest BCUT2D eigenvalue weighted by Gasteiger charge is -2.09. The molecule has 0 aliphatic rings. The van der Waals surface area contributed by atoms with E-state index in [0.717, 1.165) is 0 Å². The van der Waals surface area contributed by atoms with Crippen molar-refractivity contribution < 1.29 is 23.1 Å². The first-order valence-corrected chi connectivity index (χ1v) is 6.02. The van der Waals surface area contributed by atoms with Gasteiger partial charge in [-0.3, -0.25) is 0 Å². The molecular weight excluding hydrogens is 341 g/mol. The summed E-state index contributed by atoms with van der Waals surface area (Å²) < 4.78 is 38.8. The highest BCUT2D eigenvalue weighted by Gasteiger charge is 2.34. The van der Waals surface area contributed by atoms with Crippen LogP contribution >= 0.6 is 15.9 Å². The number of aromatic carboxylic acids is 1. The molecule has 2 aromatic rings. The Bertz CT molecular complexity index is 674. The van der Waals surface area contributed by atoms with Crippen LogP contribution in [0.2, 0.25) is 0 Å². The summed E-state index contributed by atoms with van der Waals surface area (Å²) in [4.78, 5) is 17.9. The summed E-state index contributed by atoms with van der Waals surface area (Å²) in [5.74, 6) is -1.84. The van der Waals surface area contributed by atoms with E-state index in [4.69, 9.17) is 5.11 Å². The van der Waals surface area contributed by atoms with Crippen LogP contribution in [0.15, 0.2) is 34.8 Å². The van der Waals surface area contributed by atoms with E-state index in [0.29, 0.717) is 10.5 Å². The third-order valence-corrected chi connectivity index (χ3v) is 2.81. The Morgan fingerprint density at radius 1 is 1.20 bits per heavy atom. The second kappa shape index (κ2) is 5.20. The number of halogens is 4. The average Bonchev–Trinajstić information content (AvgIpc) is 2.37. The molecule has 1 aromatic heterocycles. The van der Waals surface area contributed by atoms with Gasteiger partial charge in [0.1, 0.15) is 5.69 Å². The maximum absolute atomic E-state index is 12.7. The summed E-state index contributed by atoms with van der Waals surface area (Å²) in [5.41, 5.74) is -1.71. The van der Waals surface area contributed by atoms with Crippen LogP contribution in [0.5, 0.6) is 0 Å². The highest BCUT2D eigenvalue weighted by Crippen LogP contribution is 2.30. The zero-order valence-corrected chi connectivity index (χ0v) is 11.2. The minimum atomic E-state index is -4.74. The topological polar surface area (TPSA) is 63.1 Å². The fraction of sp³-hybridized carbons (Fsp3) is 0.0833. The lowest BCUT2D eigenvalue weighted by molar-refractivity contribution is -0.141. The molecule has 1 N–H and O–H groups in total. The summed E-state index contributed by atoms with van der Waals surface area (Å²) in [7, 11) is 0. The number of aromatic nitrogens is 2. The molecule has 0 saturated heterocycles. The van der Waals surface area contributed by atoms with Crippen LogP contribution in [0, 0.1) is 0 Å². The Balaban J connectivity index is 2.64. The molecule has 1 heterocycles. The molecule has 0 bridgehead atoms. The lowest BCUT2D eigenvalue weighted by atomic mass is 10.2. The Kier molecular flexibility index (Phi) is 3.76. The van der Waals surface area contributed by atoms with Crippen molar-refractivity contribution >= 4 is 21.9 Å². The van der Waals surface area contributed by atoms with Gasteiger partial charge >= 0.3 is 12.1 Å². The second-order valence-corrected chi connectivity index (χ2v) is 4.69. The molecule has 0 saturated carbocycles. The van der Waals surface area contributed by atoms with E-state index in [9.17, 15) is 18.0 Å². The zero-order chi connectivity index (χ0) is 14.9. The van der Waals surface area contributed by atoms with Gasteiger partial charge in [0.25, 0.3) is 0 Å². The Labute approximate surface area is 119 Å². The predicted molar refractivity (Wildman–Crippen MR) is 67.1 cm³/mol. The van der Waals surface area contributed by atoms with Crippen LogP contribution in [0.4, 0.5) is 13.2 Å². The van der Waals surface area contributed by atoms with Crippen LogP contribution in [-0.4, -0.2) is 21.0 Å². The molecular formula is C12H6BrF3N2O2. The van der Waals surface area contributed by atoms with Crippen molar-refractivity contribution in [1.82, 2.24) is 9.97 Å². The lowest BCUT2D eigenvalue weighted by Crippen LogP contribution is -2.13. The first-order valence-electron chi connectivity index (χ1n) is 5.23. The number of hydrogen-bond acceptors (Lipinski definition) is 3. The van der Waals surface area contributed by atoms with Gasteiger partial charge in [-0.05, 0) is 12.1 Å². The molecule has 0 amide bonds. The van der Waals surface area contributed by atoms with Crippen molar-refractivity contribution in [2.75, 3.05) is 0 Å². The number of carboxylic acid groups (broad SMARTS) is 1. The average molecular weight is 347 g/mol. The highest BCUT2D eigenvalue weighted by molar-refractivity contribution is 9.10. The second-order valence-electron chi connectivity index (χ2n) is 3.78. The number of benzene rings is 1. The molecule has 0 fully saturated rings. The van der Waals surface area contributed by atoms with Gasteiger partial charge in [-0.15, -0.1) is 0 Å². The van der Waals surface area contributed by atoms with E-state index in [1.54, 1.807) is 12.1 Å². The number of rotatable bonds is 2. The maximum atomic E-state index is 12.7. The largest absolute Gasteiger partial charge is 0.477 e. The summed E-state index contributed by atoms with van der Waals surface area (Å²) in [6.45, 7) is 0. The van der Waals surface area contributed by atoms with Gasteiger partial charge in [-0.2, -0.15) is 13.2 Å². The van der Waals surface area contributed by atoms with Crippen molar-refractivity contribution in [3.63, 3.8) is 0 Å². The number of hydrogen-bond donors (Lipinski definition) is 1. The predicted octanol–water partition coefficient (Wildman–Crippen LogP) is 3.62. The monoisotopic (exact) mass is 346 g/mol. The molecule has 0 radical (unpaired) electrons. The minimum absolute atomic E-state index is 0.285. The molecule has 0 spiro atoms. The Hall–Kier alpha value is -1.96. The van der Waals surface area contributed by atoms with Crippen LogP contribution < -0.4 is 0 Å². The van der Waals surface area contributed by atoms with Crippen molar-refractivity contribution in [2.24, 2.45) is 0 Å². The quantitative estimate of drug-likeness (QED) is 0.901. The third kappa shape index (κ3) is 3.13. The van der Waals surface area contributed by atoms with Crippen LogP contribution in [0.1, 0.15) is 16.2 Å². The first-order chi connectivity index (χ1) is 9.27. The van der Waals surface area contributed by atoms with Gasteiger partial charge in [-0.1, -0.05) is 28.1 Å². The molecule has 1 aromatic carbocycles. The summed E-state index contributed by atoms with van der Waals surface area (Å²) >= 11 is 3.17. The van der Waals surface area contributed by atoms with E-state index >= 15 is 0 Å². The van der Waals surface area contributed by atoms with E-state index in [1.807, 2.05) is 0 Å². The van der Waals surface area contributed by atoms with Crippen LogP contribution in [0.25, 0.3) is 11.4 Å². The minimum Gasteiger partial charge on any atom is -0.477 e. The van der Waals surface area contributed by atoms with Crippen molar-refractivity contribution in [1.29, 1.82) is 0 Å². The van der Waals surface area contributed by atoms with Crippen molar-refractivity contribution in [3.05, 3.63) is 46.2 Å². The number of nitrogens with zero attached hydrogens (tertiary/aromatic N) is 2. The molecule has 4 nitrogen and oxygen atoms in total. The van der Waals surface area contributed by atoms with E-state index in [1.165, 1.54) is 12.1 Å². The fourth-order valence-electron chi connectivity index (χ4n) is 1.46. The number of carboxylic acids is 1. The van der Waals surface area contributed by atoms with Crippen molar-refractivity contribution in [2.45, 2.75) is 6.18 Å². The van der Waals surface area contributed by atoms with Crippen molar-refractivity contribution in [3.8, 4) is 11.4 Å². The van der Waals surface area contributed by atoms with Gasteiger partial charge < -0.3 is 5.11 Å². The summed E-state index contributed by atoms with van der Waals surface area (Å²) in [5, 5.41) is 8.83. The molecule has 20 heavy (non-hydrogen) atoms. The molecule has 104 valence electrons. The third-order valence-electron chi connectivity index (χ3n) is 2.32. The van der Waals surface area contributed by atoms with Gasteiger partial charge in [0.2, 0.25) is 0 Å². The molecule has 8 heteroatoms. The highest BCUT2D eigenvalue weighted by atomic mass is 79.9. The molecule has 0 aliphatic heterocycles. The molecule has 0 atom stereocenters. The Morgan fingerprint density at radius 2 is 1.90 bits per heavy atom. The normalized spacial score (nSPS) is 11.4. The summed E-state index contributed by atoms with van der Waals surface area (Å²) in [6, 6.07) is 6.66. The van der Waals surface area contributed by atoms with Gasteiger partial charge in [0.05, 0.1) is 0 Å². The summed E-state index contributed by atoms with van der Waals surface area (Å²) in [6.07, 6.45) is -4.74. The standard InChI is InChI=1S/C12H6BrF3N2O2/c13-7-3-1-2-6(4-7)10-17-8(11(19)20)5-9(18-10)12(14,15)16/h1-5H,(H,19,20). The van der Waals surface area contributed by atoms with E-state index < -0.39 is 23.5 Å². The molecule has 0 aliphatic carbocycles. The molecule has 2 rings (SSSR count). The van der Waals surface area contributed by atoms with Crippen LogP contribution in [0.3, 0.4) is 0 Å². The first kappa shape index (κ1) is 14.4. The SMILES string of the molecule is O=C(O)c1cc(C(F)(F)F)nc(-c2cccc(Br)c2)n1. The van der Waals surface area contributed by atoms with E-state index in [2.05, 4.69) is 25.9 Å². The van der Waals surface area contributed by atoms with E-state index in [-0.39, 0.29) is 11.4 Å². The maximum Gasteiger partial charge on any atom is 0.433 e. The fourth-order valence-corrected chi connectivity index (χ4v) is 1.86. The molecule has 0 unspecified atom stereocenters. The zero-order valence-electron chi connectivity index (χ0n) is 9.65. The number of alkyl halides is 3. The van der Waals surface area contributed by atoms with Gasteiger partial charge in [-0.25, -0.2) is 14.8 Å². The smallest absolute Gasteiger partial charge is 0.433 e. The van der Waals surface area contributed by atoms with Crippen LogP contribution in [-0.2, 0) is 6.18 Å². The van der Waals surface area contributed by atoms with Gasteiger partial charge in [0.15, 0.2) is 11.5 Å². The van der Waals surface area contributed by atoms with Gasteiger partial charge in [0, 0.05) is 16.1 Å². The Morgan fingerprint density at radius 3 is 2.45 bits per heavy atom.